The molecular formula is C10H22O5Si. The first-order valence-electron chi connectivity index (χ1n) is 5.45. The summed E-state index contributed by atoms with van der Waals surface area (Å²) in [5.41, 5.74) is 0. The number of hydrogen-bond donors (Lipinski definition) is 1. The first kappa shape index (κ1) is 15.6. The van der Waals surface area contributed by atoms with E-state index in [0.29, 0.717) is 25.3 Å². The van der Waals surface area contributed by atoms with E-state index in [1.165, 1.54) is 0 Å². The summed E-state index contributed by atoms with van der Waals surface area (Å²) in [5.74, 6) is -0.367. The second-order valence-corrected chi connectivity index (χ2v) is 7.36. The fourth-order valence-electron chi connectivity index (χ4n) is 1.15. The summed E-state index contributed by atoms with van der Waals surface area (Å²) in [6.45, 7) is 3.78. The number of hydrogen-bond acceptors (Lipinski definition) is 5. The minimum Gasteiger partial charge on any atom is -0.436 e. The molecule has 96 valence electrons. The SMILES string of the molecule is CCCC(=O)OC(O)CC[Si](C)(OC)OC. The molecule has 0 amide bonds. The molecule has 6 heteroatoms. The van der Waals surface area contributed by atoms with Gasteiger partial charge in [0.15, 0.2) is 6.29 Å². The Kier molecular flexibility index (Phi) is 7.57. The van der Waals surface area contributed by atoms with E-state index in [2.05, 4.69) is 0 Å². The molecule has 1 unspecified atom stereocenters. The van der Waals surface area contributed by atoms with Crippen LogP contribution in [0.15, 0.2) is 0 Å². The average Bonchev–Trinajstić information content (AvgIpc) is 2.26. The summed E-state index contributed by atoms with van der Waals surface area (Å²) in [5, 5.41) is 9.47. The van der Waals surface area contributed by atoms with E-state index in [-0.39, 0.29) is 5.97 Å². The standard InChI is InChI=1S/C10H22O5Si/c1-5-6-9(11)15-10(12)7-8-16(4,13-2)14-3/h10,12H,5-8H2,1-4H3. The van der Waals surface area contributed by atoms with Gasteiger partial charge in [-0.15, -0.1) is 0 Å². The Balaban J connectivity index is 3.88. The van der Waals surface area contributed by atoms with Gasteiger partial charge in [-0.2, -0.15) is 0 Å². The molecule has 0 aliphatic carbocycles. The first-order chi connectivity index (χ1) is 7.47. The first-order valence-corrected chi connectivity index (χ1v) is 7.97. The highest BCUT2D eigenvalue weighted by Crippen LogP contribution is 2.16. The summed E-state index contributed by atoms with van der Waals surface area (Å²) in [6, 6.07) is 0.584. The van der Waals surface area contributed by atoms with Crippen molar-refractivity contribution in [2.75, 3.05) is 14.2 Å². The number of esters is 1. The maximum atomic E-state index is 11.1. The number of carbonyl (C=O) groups excluding carboxylic acids is 1. The van der Waals surface area contributed by atoms with Crippen LogP contribution in [0.4, 0.5) is 0 Å². The van der Waals surface area contributed by atoms with Crippen LogP contribution >= 0.6 is 0 Å². The largest absolute Gasteiger partial charge is 0.436 e. The summed E-state index contributed by atoms with van der Waals surface area (Å²) in [7, 11) is 0.996. The number of rotatable bonds is 8. The molecule has 1 atom stereocenters. The van der Waals surface area contributed by atoms with Crippen molar-refractivity contribution in [2.45, 2.75) is 45.1 Å². The van der Waals surface area contributed by atoms with Crippen molar-refractivity contribution >= 4 is 14.5 Å². The molecule has 0 heterocycles. The Morgan fingerprint density at radius 3 is 2.38 bits per heavy atom. The lowest BCUT2D eigenvalue weighted by atomic mass is 10.3. The number of aliphatic hydroxyl groups excluding tert-OH is 1. The van der Waals surface area contributed by atoms with Crippen molar-refractivity contribution in [3.8, 4) is 0 Å². The van der Waals surface area contributed by atoms with Gasteiger partial charge in [-0.1, -0.05) is 6.92 Å². The monoisotopic (exact) mass is 250 g/mol. The Hall–Kier alpha value is -0.433. The van der Waals surface area contributed by atoms with Gasteiger partial charge in [0, 0.05) is 27.1 Å². The molecule has 0 aliphatic rings. The van der Waals surface area contributed by atoms with Gasteiger partial charge in [-0.25, -0.2) is 0 Å². The molecule has 1 N–H and O–H groups in total. The zero-order valence-corrected chi connectivity index (χ0v) is 11.5. The summed E-state index contributed by atoms with van der Waals surface area (Å²) < 4.78 is 15.3. The van der Waals surface area contributed by atoms with Crippen LogP contribution in [0.5, 0.6) is 0 Å². The van der Waals surface area contributed by atoms with E-state index < -0.39 is 14.9 Å². The smallest absolute Gasteiger partial charge is 0.334 e. The van der Waals surface area contributed by atoms with Crippen LogP contribution in [0.3, 0.4) is 0 Å². The van der Waals surface area contributed by atoms with Crippen molar-refractivity contribution in [3.05, 3.63) is 0 Å². The lowest BCUT2D eigenvalue weighted by Gasteiger charge is -2.23. The molecule has 0 aromatic rings. The third-order valence-corrected chi connectivity index (χ3v) is 5.35. The predicted molar refractivity (Wildman–Crippen MR) is 62.1 cm³/mol. The molecule has 0 fully saturated rings. The molecule has 0 spiro atoms. The molecule has 0 aliphatic heterocycles. The van der Waals surface area contributed by atoms with Crippen LogP contribution in [-0.2, 0) is 18.4 Å². The lowest BCUT2D eigenvalue weighted by molar-refractivity contribution is -0.168. The number of ether oxygens (including phenoxy) is 1. The van der Waals surface area contributed by atoms with Crippen LogP contribution in [0.1, 0.15) is 26.2 Å². The normalized spacial score (nSPS) is 13.6. The molecule has 0 aromatic carbocycles. The minimum atomic E-state index is -2.18. The number of carbonyl (C=O) groups is 1. The lowest BCUT2D eigenvalue weighted by Crippen LogP contribution is -2.37. The van der Waals surface area contributed by atoms with Crippen LogP contribution in [0, 0.1) is 0 Å². The molecule has 0 rings (SSSR count). The summed E-state index contributed by atoms with van der Waals surface area (Å²) >= 11 is 0. The van der Waals surface area contributed by atoms with Gasteiger partial charge in [-0.3, -0.25) is 4.79 Å². The topological polar surface area (TPSA) is 65.0 Å². The fraction of sp³-hybridized carbons (Fsp3) is 0.900. The maximum Gasteiger partial charge on any atom is 0.334 e. The highest BCUT2D eigenvalue weighted by atomic mass is 28.4. The van der Waals surface area contributed by atoms with Gasteiger partial charge < -0.3 is 18.7 Å². The molecule has 0 saturated heterocycles. The highest BCUT2D eigenvalue weighted by Gasteiger charge is 2.29. The van der Waals surface area contributed by atoms with Crippen molar-refractivity contribution < 1.29 is 23.5 Å². The Labute approximate surface area is 97.9 Å². The van der Waals surface area contributed by atoms with Crippen LogP contribution in [0.2, 0.25) is 12.6 Å². The van der Waals surface area contributed by atoms with Gasteiger partial charge in [-0.05, 0) is 19.0 Å². The average molecular weight is 250 g/mol. The molecule has 0 bridgehead atoms. The van der Waals surface area contributed by atoms with Gasteiger partial charge in [0.05, 0.1) is 0 Å². The van der Waals surface area contributed by atoms with Crippen molar-refractivity contribution in [3.63, 3.8) is 0 Å². The Morgan fingerprint density at radius 1 is 1.38 bits per heavy atom. The van der Waals surface area contributed by atoms with Gasteiger partial charge >= 0.3 is 14.5 Å². The van der Waals surface area contributed by atoms with E-state index in [4.69, 9.17) is 13.6 Å². The van der Waals surface area contributed by atoms with Crippen molar-refractivity contribution in [1.29, 1.82) is 0 Å². The second-order valence-electron chi connectivity index (χ2n) is 3.78. The van der Waals surface area contributed by atoms with Crippen LogP contribution in [-0.4, -0.2) is 40.1 Å². The van der Waals surface area contributed by atoms with E-state index in [1.807, 2.05) is 13.5 Å². The highest BCUT2D eigenvalue weighted by molar-refractivity contribution is 6.65. The molecule has 0 radical (unpaired) electrons. The Bertz CT molecular complexity index is 205. The molecule has 0 saturated carbocycles. The molecule has 0 aromatic heterocycles. The summed E-state index contributed by atoms with van der Waals surface area (Å²) in [6.07, 6.45) is 0.338. The van der Waals surface area contributed by atoms with E-state index in [9.17, 15) is 9.90 Å². The second kappa shape index (κ2) is 7.78. The van der Waals surface area contributed by atoms with Crippen LogP contribution < -0.4 is 0 Å². The van der Waals surface area contributed by atoms with Gasteiger partial charge in [0.25, 0.3) is 0 Å². The quantitative estimate of drug-likeness (QED) is 0.401. The van der Waals surface area contributed by atoms with Gasteiger partial charge in [0.2, 0.25) is 0 Å². The van der Waals surface area contributed by atoms with E-state index >= 15 is 0 Å². The molecular weight excluding hydrogens is 228 g/mol. The third kappa shape index (κ3) is 6.22. The molecule has 5 nitrogen and oxygen atoms in total. The van der Waals surface area contributed by atoms with Crippen LogP contribution in [0.25, 0.3) is 0 Å². The Morgan fingerprint density at radius 2 is 1.94 bits per heavy atom. The number of aliphatic hydroxyl groups is 1. The third-order valence-electron chi connectivity index (χ3n) is 2.43. The predicted octanol–water partition coefficient (Wildman–Crippen LogP) is 1.40. The van der Waals surface area contributed by atoms with Gasteiger partial charge in [0.1, 0.15) is 0 Å². The zero-order valence-electron chi connectivity index (χ0n) is 10.5. The van der Waals surface area contributed by atoms with E-state index in [0.717, 1.165) is 0 Å². The summed E-state index contributed by atoms with van der Waals surface area (Å²) in [4.78, 5) is 11.1. The minimum absolute atomic E-state index is 0.334. The fourth-order valence-corrected chi connectivity index (χ4v) is 2.49. The van der Waals surface area contributed by atoms with E-state index in [1.54, 1.807) is 14.2 Å². The van der Waals surface area contributed by atoms with Crippen molar-refractivity contribution in [2.24, 2.45) is 0 Å². The van der Waals surface area contributed by atoms with Crippen molar-refractivity contribution in [1.82, 2.24) is 0 Å². The maximum absolute atomic E-state index is 11.1. The zero-order chi connectivity index (χ0) is 12.6. The molecule has 16 heavy (non-hydrogen) atoms.